The van der Waals surface area contributed by atoms with Crippen LogP contribution in [-0.2, 0) is 0 Å². The lowest BCUT2D eigenvalue weighted by molar-refractivity contribution is 0.0167. The first-order valence-electron chi connectivity index (χ1n) is 6.41. The third kappa shape index (κ3) is 3.13. The molecule has 0 unspecified atom stereocenters. The summed E-state index contributed by atoms with van der Waals surface area (Å²) >= 11 is 0. The summed E-state index contributed by atoms with van der Waals surface area (Å²) < 4.78 is 0. The maximum Gasteiger partial charge on any atom is 0.0819 e. The number of aliphatic hydroxyl groups is 1. The van der Waals surface area contributed by atoms with E-state index in [9.17, 15) is 5.11 Å². The van der Waals surface area contributed by atoms with Crippen LogP contribution in [-0.4, -0.2) is 17.3 Å². The van der Waals surface area contributed by atoms with E-state index in [-0.39, 0.29) is 0 Å². The van der Waals surface area contributed by atoms with Gasteiger partial charge in [-0.15, -0.1) is 0 Å². The van der Waals surface area contributed by atoms with E-state index < -0.39 is 5.60 Å². The molecule has 1 saturated carbocycles. The molecule has 0 amide bonds. The van der Waals surface area contributed by atoms with Gasteiger partial charge >= 0.3 is 0 Å². The van der Waals surface area contributed by atoms with Crippen LogP contribution in [0.1, 0.15) is 37.7 Å². The van der Waals surface area contributed by atoms with Crippen LogP contribution in [0.15, 0.2) is 18.2 Å². The van der Waals surface area contributed by atoms with Crippen LogP contribution in [0.5, 0.6) is 0 Å². The molecule has 0 saturated heterocycles. The van der Waals surface area contributed by atoms with Gasteiger partial charge in [-0.05, 0) is 37.5 Å². The number of nitrogens with one attached hydrogen (secondary N) is 1. The summed E-state index contributed by atoms with van der Waals surface area (Å²) in [6.07, 6.45) is 5.29. The van der Waals surface area contributed by atoms with Gasteiger partial charge in [-0.25, -0.2) is 0 Å². The number of aryl methyl sites for hydroxylation is 1. The third-order valence-corrected chi connectivity index (χ3v) is 3.60. The molecule has 17 heavy (non-hydrogen) atoms. The third-order valence-electron chi connectivity index (χ3n) is 3.60. The summed E-state index contributed by atoms with van der Waals surface area (Å²) in [5.41, 5.74) is 8.23. The number of nitrogens with two attached hydrogens (primary N) is 1. The Morgan fingerprint density at radius 3 is 2.65 bits per heavy atom. The lowest BCUT2D eigenvalue weighted by Gasteiger charge is -2.32. The molecule has 0 heterocycles. The second-order valence-electron chi connectivity index (χ2n) is 5.23. The number of hydrogen-bond donors (Lipinski definition) is 3. The van der Waals surface area contributed by atoms with E-state index in [0.717, 1.165) is 42.6 Å². The standard InChI is InChI=1S/C14H22N2O/c1-11-5-6-13(12(15)9-11)16-10-14(17)7-3-2-4-8-14/h5-6,9,16-17H,2-4,7-8,10,15H2,1H3. The van der Waals surface area contributed by atoms with Crippen molar-refractivity contribution in [1.29, 1.82) is 0 Å². The van der Waals surface area contributed by atoms with Crippen LogP contribution in [0.2, 0.25) is 0 Å². The molecular weight excluding hydrogens is 212 g/mol. The summed E-state index contributed by atoms with van der Waals surface area (Å²) in [6.45, 7) is 2.62. The minimum atomic E-state index is -0.546. The van der Waals surface area contributed by atoms with Crippen molar-refractivity contribution in [3.8, 4) is 0 Å². The van der Waals surface area contributed by atoms with Crippen molar-refractivity contribution in [2.24, 2.45) is 0 Å². The molecule has 3 nitrogen and oxygen atoms in total. The lowest BCUT2D eigenvalue weighted by Crippen LogP contribution is -2.38. The van der Waals surface area contributed by atoms with E-state index in [0.29, 0.717) is 6.54 Å². The average Bonchev–Trinajstić information content (AvgIpc) is 2.29. The molecule has 3 heteroatoms. The number of hydrogen-bond acceptors (Lipinski definition) is 3. The fourth-order valence-electron chi connectivity index (χ4n) is 2.49. The highest BCUT2D eigenvalue weighted by Crippen LogP contribution is 2.29. The zero-order valence-corrected chi connectivity index (χ0v) is 10.5. The van der Waals surface area contributed by atoms with Crippen LogP contribution in [0.4, 0.5) is 11.4 Å². The Kier molecular flexibility index (Phi) is 3.57. The van der Waals surface area contributed by atoms with Gasteiger partial charge in [-0.3, -0.25) is 0 Å². The molecule has 0 spiro atoms. The molecule has 0 aromatic heterocycles. The van der Waals surface area contributed by atoms with Crippen LogP contribution in [0, 0.1) is 6.92 Å². The van der Waals surface area contributed by atoms with E-state index in [1.807, 2.05) is 25.1 Å². The second kappa shape index (κ2) is 4.96. The van der Waals surface area contributed by atoms with E-state index >= 15 is 0 Å². The molecule has 0 aliphatic heterocycles. The fraction of sp³-hybridized carbons (Fsp3) is 0.571. The zero-order valence-electron chi connectivity index (χ0n) is 10.5. The van der Waals surface area contributed by atoms with Crippen LogP contribution in [0.3, 0.4) is 0 Å². The van der Waals surface area contributed by atoms with Crippen LogP contribution in [0.25, 0.3) is 0 Å². The van der Waals surface area contributed by atoms with Crippen molar-refractivity contribution in [3.63, 3.8) is 0 Å². The van der Waals surface area contributed by atoms with Gasteiger partial charge in [-0.2, -0.15) is 0 Å². The maximum absolute atomic E-state index is 10.4. The Morgan fingerprint density at radius 1 is 1.29 bits per heavy atom. The highest BCUT2D eigenvalue weighted by atomic mass is 16.3. The van der Waals surface area contributed by atoms with Crippen molar-refractivity contribution in [1.82, 2.24) is 0 Å². The van der Waals surface area contributed by atoms with Crippen molar-refractivity contribution >= 4 is 11.4 Å². The summed E-state index contributed by atoms with van der Waals surface area (Å²) in [6, 6.07) is 5.97. The summed E-state index contributed by atoms with van der Waals surface area (Å²) in [7, 11) is 0. The van der Waals surface area contributed by atoms with E-state index in [2.05, 4.69) is 5.32 Å². The molecular formula is C14H22N2O. The quantitative estimate of drug-likeness (QED) is 0.705. The molecule has 1 aromatic carbocycles. The molecule has 0 bridgehead atoms. The molecule has 1 aliphatic rings. The first kappa shape index (κ1) is 12.2. The van der Waals surface area contributed by atoms with Crippen molar-refractivity contribution < 1.29 is 5.11 Å². The van der Waals surface area contributed by atoms with Crippen molar-refractivity contribution in [2.75, 3.05) is 17.6 Å². The monoisotopic (exact) mass is 234 g/mol. The Hall–Kier alpha value is -1.22. The van der Waals surface area contributed by atoms with Gasteiger partial charge in [0, 0.05) is 6.54 Å². The minimum absolute atomic E-state index is 0.546. The van der Waals surface area contributed by atoms with Gasteiger partial charge in [0.25, 0.3) is 0 Å². The SMILES string of the molecule is Cc1ccc(NCC2(O)CCCCC2)c(N)c1. The lowest BCUT2D eigenvalue weighted by atomic mass is 9.85. The Morgan fingerprint density at radius 2 is 2.00 bits per heavy atom. The zero-order chi connectivity index (χ0) is 12.3. The van der Waals surface area contributed by atoms with E-state index in [4.69, 9.17) is 5.73 Å². The molecule has 0 radical (unpaired) electrons. The highest BCUT2D eigenvalue weighted by molar-refractivity contribution is 5.66. The molecule has 4 N–H and O–H groups in total. The molecule has 2 rings (SSSR count). The number of nitrogen functional groups attached to an aromatic ring is 1. The van der Waals surface area contributed by atoms with Crippen molar-refractivity contribution in [3.05, 3.63) is 23.8 Å². The molecule has 0 atom stereocenters. The predicted octanol–water partition coefficient (Wildman–Crippen LogP) is 2.68. The highest BCUT2D eigenvalue weighted by Gasteiger charge is 2.28. The first-order chi connectivity index (χ1) is 8.09. The maximum atomic E-state index is 10.4. The topological polar surface area (TPSA) is 58.3 Å². The van der Waals surface area contributed by atoms with E-state index in [1.54, 1.807) is 0 Å². The molecule has 1 aliphatic carbocycles. The molecule has 94 valence electrons. The Labute approximate surface area is 103 Å². The Balaban J connectivity index is 1.97. The normalized spacial score (nSPS) is 18.9. The minimum Gasteiger partial charge on any atom is -0.397 e. The second-order valence-corrected chi connectivity index (χ2v) is 5.23. The van der Waals surface area contributed by atoms with Crippen LogP contribution < -0.4 is 11.1 Å². The molecule has 1 aromatic rings. The summed E-state index contributed by atoms with van der Waals surface area (Å²) in [5, 5.41) is 13.7. The number of anilines is 2. The largest absolute Gasteiger partial charge is 0.397 e. The predicted molar refractivity (Wildman–Crippen MR) is 72.1 cm³/mol. The van der Waals surface area contributed by atoms with Gasteiger partial charge in [0.05, 0.1) is 17.0 Å². The fourth-order valence-corrected chi connectivity index (χ4v) is 2.49. The number of rotatable bonds is 3. The first-order valence-corrected chi connectivity index (χ1v) is 6.41. The summed E-state index contributed by atoms with van der Waals surface area (Å²) in [5.74, 6) is 0. The molecule has 1 fully saturated rings. The van der Waals surface area contributed by atoms with Crippen molar-refractivity contribution in [2.45, 2.75) is 44.6 Å². The van der Waals surface area contributed by atoms with Gasteiger partial charge in [0.1, 0.15) is 0 Å². The Bertz CT molecular complexity index is 384. The average molecular weight is 234 g/mol. The number of benzene rings is 1. The summed E-state index contributed by atoms with van der Waals surface area (Å²) in [4.78, 5) is 0. The van der Waals surface area contributed by atoms with E-state index in [1.165, 1.54) is 6.42 Å². The van der Waals surface area contributed by atoms with Gasteiger partial charge in [0.2, 0.25) is 0 Å². The van der Waals surface area contributed by atoms with Gasteiger partial charge in [0.15, 0.2) is 0 Å². The van der Waals surface area contributed by atoms with Gasteiger partial charge < -0.3 is 16.2 Å². The smallest absolute Gasteiger partial charge is 0.0819 e. The van der Waals surface area contributed by atoms with Crippen LogP contribution >= 0.6 is 0 Å². The van der Waals surface area contributed by atoms with Gasteiger partial charge in [-0.1, -0.05) is 25.3 Å².